The van der Waals surface area contributed by atoms with Crippen molar-refractivity contribution in [1.82, 2.24) is 10.2 Å². The van der Waals surface area contributed by atoms with E-state index in [1.165, 1.54) is 0 Å². The van der Waals surface area contributed by atoms with Crippen molar-refractivity contribution < 1.29 is 13.6 Å². The summed E-state index contributed by atoms with van der Waals surface area (Å²) in [6, 6.07) is 16.9. The zero-order valence-electron chi connectivity index (χ0n) is 18.5. The van der Waals surface area contributed by atoms with Crippen molar-refractivity contribution in [3.8, 4) is 0 Å². The maximum atomic E-state index is 12.2. The van der Waals surface area contributed by atoms with E-state index in [0.29, 0.717) is 30.8 Å². The largest absolute Gasteiger partial charge is 0.468 e. The Balaban J connectivity index is 1.66. The van der Waals surface area contributed by atoms with Gasteiger partial charge in [0.05, 0.1) is 12.8 Å². The van der Waals surface area contributed by atoms with Gasteiger partial charge in [0.15, 0.2) is 0 Å². The smallest absolute Gasteiger partial charge is 0.336 e. The summed E-state index contributed by atoms with van der Waals surface area (Å²) in [5, 5.41) is 3.57. The molecule has 0 bridgehead atoms. The maximum absolute atomic E-state index is 12.2. The van der Waals surface area contributed by atoms with Crippen LogP contribution in [0.2, 0.25) is 0 Å². The summed E-state index contributed by atoms with van der Waals surface area (Å²) in [5.41, 5.74) is 5.06. The van der Waals surface area contributed by atoms with Gasteiger partial charge in [-0.2, -0.15) is 0 Å². The molecule has 0 unspecified atom stereocenters. The number of carbonyl (C=O) groups excluding carboxylic acids is 1. The van der Waals surface area contributed by atoms with Gasteiger partial charge >= 0.3 is 5.63 Å². The molecule has 4 rings (SSSR count). The molecule has 0 fully saturated rings. The molecule has 0 aliphatic heterocycles. The quantitative estimate of drug-likeness (QED) is 0.435. The average Bonchev–Trinajstić information content (AvgIpc) is 3.28. The molecule has 0 saturated carbocycles. The van der Waals surface area contributed by atoms with Crippen molar-refractivity contribution in [1.29, 1.82) is 0 Å². The van der Waals surface area contributed by atoms with Crippen molar-refractivity contribution in [2.45, 2.75) is 33.5 Å². The van der Waals surface area contributed by atoms with Gasteiger partial charge in [0.25, 0.3) is 5.91 Å². The zero-order chi connectivity index (χ0) is 22.7. The first kappa shape index (κ1) is 21.6. The third kappa shape index (κ3) is 4.81. The molecule has 0 radical (unpaired) electrons. The number of aryl methyl sites for hydroxylation is 2. The van der Waals surface area contributed by atoms with Crippen molar-refractivity contribution in [3.63, 3.8) is 0 Å². The standard InChI is InChI=1S/C26H26N2O4/c1-17-11-23-21(13-25(29)32-24(23)12-18(17)2)15-28(16-22-5-4-10-31-22)14-19-6-8-20(9-7-19)26(30)27-3/h4-13H,14-16H2,1-3H3,(H,27,30). The number of nitrogens with zero attached hydrogens (tertiary/aromatic N) is 1. The third-order valence-electron chi connectivity index (χ3n) is 5.65. The van der Waals surface area contributed by atoms with Crippen LogP contribution in [0.25, 0.3) is 11.0 Å². The Kier molecular flexibility index (Phi) is 6.23. The van der Waals surface area contributed by atoms with Gasteiger partial charge in [-0.25, -0.2) is 4.79 Å². The fourth-order valence-electron chi connectivity index (χ4n) is 3.81. The van der Waals surface area contributed by atoms with Gasteiger partial charge in [0.2, 0.25) is 0 Å². The highest BCUT2D eigenvalue weighted by Gasteiger charge is 2.15. The first-order chi connectivity index (χ1) is 15.4. The van der Waals surface area contributed by atoms with Crippen molar-refractivity contribution in [2.75, 3.05) is 7.05 Å². The van der Waals surface area contributed by atoms with Crippen LogP contribution in [0.3, 0.4) is 0 Å². The topological polar surface area (TPSA) is 75.7 Å². The van der Waals surface area contributed by atoms with Crippen LogP contribution < -0.4 is 10.9 Å². The Labute approximate surface area is 186 Å². The third-order valence-corrected chi connectivity index (χ3v) is 5.65. The lowest BCUT2D eigenvalue weighted by atomic mass is 10.0. The molecule has 32 heavy (non-hydrogen) atoms. The molecule has 0 atom stereocenters. The van der Waals surface area contributed by atoms with Crippen LogP contribution >= 0.6 is 0 Å². The molecule has 0 aliphatic rings. The summed E-state index contributed by atoms with van der Waals surface area (Å²) in [7, 11) is 1.62. The summed E-state index contributed by atoms with van der Waals surface area (Å²) in [6.45, 7) is 5.81. The van der Waals surface area contributed by atoms with Crippen LogP contribution in [0, 0.1) is 13.8 Å². The van der Waals surface area contributed by atoms with E-state index in [4.69, 9.17) is 8.83 Å². The molecule has 0 spiro atoms. The number of hydrogen-bond donors (Lipinski definition) is 1. The van der Waals surface area contributed by atoms with Gasteiger partial charge in [0.1, 0.15) is 11.3 Å². The molecule has 4 aromatic rings. The molecular weight excluding hydrogens is 404 g/mol. The Morgan fingerprint density at radius 3 is 2.41 bits per heavy atom. The van der Waals surface area contributed by atoms with Gasteiger partial charge < -0.3 is 14.2 Å². The normalized spacial score (nSPS) is 11.2. The van der Waals surface area contributed by atoms with E-state index in [9.17, 15) is 9.59 Å². The SMILES string of the molecule is CNC(=O)c1ccc(CN(Cc2ccco2)Cc2cc(=O)oc3cc(C)c(C)cc23)cc1. The van der Waals surface area contributed by atoms with E-state index in [0.717, 1.165) is 33.4 Å². The second kappa shape index (κ2) is 9.24. The minimum atomic E-state index is -0.358. The summed E-state index contributed by atoms with van der Waals surface area (Å²) < 4.78 is 11.0. The summed E-state index contributed by atoms with van der Waals surface area (Å²) in [5.74, 6) is 0.725. The highest BCUT2D eigenvalue weighted by atomic mass is 16.4. The van der Waals surface area contributed by atoms with E-state index in [2.05, 4.69) is 23.2 Å². The van der Waals surface area contributed by atoms with Crippen molar-refractivity contribution in [3.05, 3.63) is 105 Å². The highest BCUT2D eigenvalue weighted by molar-refractivity contribution is 5.93. The number of benzene rings is 2. The predicted octanol–water partition coefficient (Wildman–Crippen LogP) is 4.56. The van der Waals surface area contributed by atoms with Gasteiger partial charge in [-0.05, 0) is 72.5 Å². The molecule has 1 N–H and O–H groups in total. The molecule has 1 amide bonds. The Morgan fingerprint density at radius 2 is 1.72 bits per heavy atom. The molecule has 2 heterocycles. The molecule has 6 nitrogen and oxygen atoms in total. The lowest BCUT2D eigenvalue weighted by Gasteiger charge is -2.22. The number of nitrogens with one attached hydrogen (secondary N) is 1. The molecule has 2 aromatic carbocycles. The number of amides is 1. The van der Waals surface area contributed by atoms with Crippen LogP contribution in [0.1, 0.15) is 38.4 Å². The van der Waals surface area contributed by atoms with E-state index >= 15 is 0 Å². The number of fused-ring (bicyclic) bond motifs is 1. The fourth-order valence-corrected chi connectivity index (χ4v) is 3.81. The van der Waals surface area contributed by atoms with Gasteiger partial charge in [-0.3, -0.25) is 9.69 Å². The Morgan fingerprint density at radius 1 is 0.969 bits per heavy atom. The van der Waals surface area contributed by atoms with Crippen LogP contribution in [0.4, 0.5) is 0 Å². The summed E-state index contributed by atoms with van der Waals surface area (Å²) in [6.07, 6.45) is 1.66. The van der Waals surface area contributed by atoms with Crippen molar-refractivity contribution in [2.24, 2.45) is 0 Å². The molecule has 0 saturated heterocycles. The molecule has 0 aliphatic carbocycles. The Hall–Kier alpha value is -3.64. The van der Waals surface area contributed by atoms with Crippen LogP contribution in [0.15, 0.2) is 74.5 Å². The minimum absolute atomic E-state index is 0.114. The number of furan rings is 1. The van der Waals surface area contributed by atoms with E-state index in [-0.39, 0.29) is 11.5 Å². The molecule has 164 valence electrons. The second-order valence-corrected chi connectivity index (χ2v) is 8.02. The van der Waals surface area contributed by atoms with Gasteiger partial charge in [-0.1, -0.05) is 12.1 Å². The maximum Gasteiger partial charge on any atom is 0.336 e. The van der Waals surface area contributed by atoms with E-state index in [1.807, 2.05) is 49.4 Å². The van der Waals surface area contributed by atoms with E-state index in [1.54, 1.807) is 19.4 Å². The van der Waals surface area contributed by atoms with Gasteiger partial charge in [-0.15, -0.1) is 0 Å². The first-order valence-electron chi connectivity index (χ1n) is 10.5. The summed E-state index contributed by atoms with van der Waals surface area (Å²) in [4.78, 5) is 26.3. The fraction of sp³-hybridized carbons (Fsp3) is 0.231. The van der Waals surface area contributed by atoms with Crippen LogP contribution in [-0.2, 0) is 19.6 Å². The molecular formula is C26H26N2O4. The zero-order valence-corrected chi connectivity index (χ0v) is 18.5. The minimum Gasteiger partial charge on any atom is -0.468 e. The number of rotatable bonds is 7. The van der Waals surface area contributed by atoms with Crippen molar-refractivity contribution >= 4 is 16.9 Å². The molecule has 2 aromatic heterocycles. The number of carbonyl (C=O) groups is 1. The van der Waals surface area contributed by atoms with Gasteiger partial charge in [0, 0.05) is 37.2 Å². The lowest BCUT2D eigenvalue weighted by molar-refractivity contribution is 0.0963. The molecule has 6 heteroatoms. The Bertz CT molecular complexity index is 1290. The summed E-state index contributed by atoms with van der Waals surface area (Å²) >= 11 is 0. The van der Waals surface area contributed by atoms with Crippen LogP contribution in [0.5, 0.6) is 0 Å². The predicted molar refractivity (Wildman–Crippen MR) is 123 cm³/mol. The highest BCUT2D eigenvalue weighted by Crippen LogP contribution is 2.24. The number of hydrogen-bond acceptors (Lipinski definition) is 5. The first-order valence-corrected chi connectivity index (χ1v) is 10.5. The van der Waals surface area contributed by atoms with E-state index < -0.39 is 0 Å². The lowest BCUT2D eigenvalue weighted by Crippen LogP contribution is -2.23. The monoisotopic (exact) mass is 430 g/mol. The van der Waals surface area contributed by atoms with Crippen LogP contribution in [-0.4, -0.2) is 17.9 Å². The second-order valence-electron chi connectivity index (χ2n) is 8.02. The average molecular weight is 431 g/mol.